The van der Waals surface area contributed by atoms with E-state index in [0.29, 0.717) is 11.7 Å². The first-order valence-corrected chi connectivity index (χ1v) is 4.97. The Hall–Kier alpha value is -1.55. The van der Waals surface area contributed by atoms with Gasteiger partial charge in [-0.15, -0.1) is 11.6 Å². The maximum atomic E-state index is 5.52. The van der Waals surface area contributed by atoms with Crippen LogP contribution in [0.2, 0.25) is 0 Å². The van der Waals surface area contributed by atoms with Crippen LogP contribution in [-0.4, -0.2) is 10.1 Å². The van der Waals surface area contributed by atoms with Crippen molar-refractivity contribution in [2.45, 2.75) is 12.5 Å². The number of alkyl halides is 1. The lowest BCUT2D eigenvalue weighted by Gasteiger charge is -2.01. The summed E-state index contributed by atoms with van der Waals surface area (Å²) >= 11 is 5.52. The SMILES string of the molecule is ClCc1nc(COc2ccccc2)no1. The zero-order chi connectivity index (χ0) is 10.5. The molecular weight excluding hydrogens is 216 g/mol. The molecule has 0 aliphatic carbocycles. The Morgan fingerprint density at radius 3 is 2.73 bits per heavy atom. The van der Waals surface area contributed by atoms with E-state index in [1.807, 2.05) is 30.3 Å². The third-order valence-corrected chi connectivity index (χ3v) is 1.96. The van der Waals surface area contributed by atoms with Crippen molar-refractivity contribution in [1.29, 1.82) is 0 Å². The molecule has 0 saturated heterocycles. The van der Waals surface area contributed by atoms with E-state index in [0.717, 1.165) is 5.75 Å². The molecule has 4 nitrogen and oxygen atoms in total. The first kappa shape index (κ1) is 9.98. The van der Waals surface area contributed by atoms with E-state index in [-0.39, 0.29) is 12.5 Å². The number of ether oxygens (including phenoxy) is 1. The summed E-state index contributed by atoms with van der Waals surface area (Å²) in [5, 5.41) is 3.71. The standard InChI is InChI=1S/C10H9ClN2O2/c11-6-10-12-9(13-15-10)7-14-8-4-2-1-3-5-8/h1-5H,6-7H2. The third kappa shape index (κ3) is 2.70. The highest BCUT2D eigenvalue weighted by atomic mass is 35.5. The number of hydrogen-bond donors (Lipinski definition) is 0. The Labute approximate surface area is 91.8 Å². The van der Waals surface area contributed by atoms with Gasteiger partial charge in [-0.2, -0.15) is 4.98 Å². The van der Waals surface area contributed by atoms with Gasteiger partial charge in [0, 0.05) is 0 Å². The molecule has 0 aliphatic heterocycles. The summed E-state index contributed by atoms with van der Waals surface area (Å²) < 4.78 is 10.3. The monoisotopic (exact) mass is 224 g/mol. The predicted octanol–water partition coefficient (Wildman–Crippen LogP) is 2.39. The average molecular weight is 225 g/mol. The fourth-order valence-electron chi connectivity index (χ4n) is 1.07. The van der Waals surface area contributed by atoms with Crippen LogP contribution in [0.3, 0.4) is 0 Å². The van der Waals surface area contributed by atoms with Crippen molar-refractivity contribution in [2.24, 2.45) is 0 Å². The quantitative estimate of drug-likeness (QED) is 0.749. The molecule has 1 heterocycles. The van der Waals surface area contributed by atoms with Gasteiger partial charge in [-0.1, -0.05) is 23.4 Å². The summed E-state index contributed by atoms with van der Waals surface area (Å²) in [4.78, 5) is 4.01. The average Bonchev–Trinajstić information content (AvgIpc) is 2.76. The van der Waals surface area contributed by atoms with Gasteiger partial charge in [-0.25, -0.2) is 0 Å². The zero-order valence-electron chi connectivity index (χ0n) is 7.89. The summed E-state index contributed by atoms with van der Waals surface area (Å²) in [5.41, 5.74) is 0. The largest absolute Gasteiger partial charge is 0.485 e. The van der Waals surface area contributed by atoms with Crippen molar-refractivity contribution >= 4 is 11.6 Å². The van der Waals surface area contributed by atoms with Gasteiger partial charge in [0.1, 0.15) is 11.6 Å². The Morgan fingerprint density at radius 2 is 2.07 bits per heavy atom. The van der Waals surface area contributed by atoms with E-state index in [4.69, 9.17) is 20.9 Å². The normalized spacial score (nSPS) is 10.2. The number of para-hydroxylation sites is 1. The molecule has 2 aromatic rings. The lowest BCUT2D eigenvalue weighted by molar-refractivity contribution is 0.285. The lowest BCUT2D eigenvalue weighted by atomic mass is 10.3. The highest BCUT2D eigenvalue weighted by Crippen LogP contribution is 2.10. The molecule has 5 heteroatoms. The fourth-order valence-corrected chi connectivity index (χ4v) is 1.18. The third-order valence-electron chi connectivity index (χ3n) is 1.74. The molecule has 0 aliphatic rings. The van der Waals surface area contributed by atoms with Crippen molar-refractivity contribution in [3.63, 3.8) is 0 Å². The Bertz CT molecular complexity index is 416. The van der Waals surface area contributed by atoms with E-state index in [1.54, 1.807) is 0 Å². The van der Waals surface area contributed by atoms with Crippen LogP contribution in [0.1, 0.15) is 11.7 Å². The van der Waals surface area contributed by atoms with Gasteiger partial charge in [0.25, 0.3) is 0 Å². The van der Waals surface area contributed by atoms with Gasteiger partial charge in [0.05, 0.1) is 0 Å². The fraction of sp³-hybridized carbons (Fsp3) is 0.200. The first-order chi connectivity index (χ1) is 7.38. The molecule has 2 rings (SSSR count). The van der Waals surface area contributed by atoms with Crippen molar-refractivity contribution in [2.75, 3.05) is 0 Å². The zero-order valence-corrected chi connectivity index (χ0v) is 8.65. The number of nitrogens with zero attached hydrogens (tertiary/aromatic N) is 2. The van der Waals surface area contributed by atoms with Crippen LogP contribution >= 0.6 is 11.6 Å². The molecule has 0 spiro atoms. The van der Waals surface area contributed by atoms with Crippen LogP contribution in [-0.2, 0) is 12.5 Å². The smallest absolute Gasteiger partial charge is 0.241 e. The summed E-state index contributed by atoms with van der Waals surface area (Å²) in [5.74, 6) is 1.89. The lowest BCUT2D eigenvalue weighted by Crippen LogP contribution is -1.97. The Kier molecular flexibility index (Phi) is 3.19. The molecule has 1 aromatic heterocycles. The molecule has 15 heavy (non-hydrogen) atoms. The Balaban J connectivity index is 1.93. The van der Waals surface area contributed by atoms with Gasteiger partial charge in [-0.05, 0) is 12.1 Å². The van der Waals surface area contributed by atoms with Crippen molar-refractivity contribution in [3.05, 3.63) is 42.0 Å². The van der Waals surface area contributed by atoms with Crippen LogP contribution < -0.4 is 4.74 Å². The minimum Gasteiger partial charge on any atom is -0.485 e. The van der Waals surface area contributed by atoms with Gasteiger partial charge in [0.2, 0.25) is 11.7 Å². The molecule has 0 fully saturated rings. The molecule has 0 atom stereocenters. The Morgan fingerprint density at radius 1 is 1.27 bits per heavy atom. The number of aromatic nitrogens is 2. The maximum Gasteiger partial charge on any atom is 0.241 e. The molecule has 0 bridgehead atoms. The molecule has 0 unspecified atom stereocenters. The van der Waals surface area contributed by atoms with Crippen molar-refractivity contribution in [3.8, 4) is 5.75 Å². The van der Waals surface area contributed by atoms with Gasteiger partial charge < -0.3 is 9.26 Å². The number of rotatable bonds is 4. The number of halogens is 1. The summed E-state index contributed by atoms with van der Waals surface area (Å²) in [7, 11) is 0. The van der Waals surface area contributed by atoms with E-state index >= 15 is 0 Å². The summed E-state index contributed by atoms with van der Waals surface area (Å²) in [6.07, 6.45) is 0. The maximum absolute atomic E-state index is 5.52. The van der Waals surface area contributed by atoms with E-state index < -0.39 is 0 Å². The van der Waals surface area contributed by atoms with E-state index in [1.165, 1.54) is 0 Å². The van der Waals surface area contributed by atoms with Gasteiger partial charge >= 0.3 is 0 Å². The highest BCUT2D eigenvalue weighted by Gasteiger charge is 2.04. The first-order valence-electron chi connectivity index (χ1n) is 4.44. The second-order valence-corrected chi connectivity index (χ2v) is 3.11. The van der Waals surface area contributed by atoms with Crippen LogP contribution in [0, 0.1) is 0 Å². The van der Waals surface area contributed by atoms with E-state index in [9.17, 15) is 0 Å². The van der Waals surface area contributed by atoms with Gasteiger partial charge in [-0.3, -0.25) is 0 Å². The topological polar surface area (TPSA) is 48.2 Å². The second-order valence-electron chi connectivity index (χ2n) is 2.84. The van der Waals surface area contributed by atoms with Crippen molar-refractivity contribution in [1.82, 2.24) is 10.1 Å². The summed E-state index contributed by atoms with van der Waals surface area (Å²) in [6.45, 7) is 0.282. The van der Waals surface area contributed by atoms with Crippen LogP contribution in [0.15, 0.2) is 34.9 Å². The minimum absolute atomic E-state index is 0.221. The minimum atomic E-state index is 0.221. The van der Waals surface area contributed by atoms with Gasteiger partial charge in [0.15, 0.2) is 6.61 Å². The highest BCUT2D eigenvalue weighted by molar-refractivity contribution is 6.16. The molecule has 0 amide bonds. The number of hydrogen-bond acceptors (Lipinski definition) is 4. The van der Waals surface area contributed by atoms with Crippen LogP contribution in [0.5, 0.6) is 5.75 Å². The molecular formula is C10H9ClN2O2. The predicted molar refractivity (Wildman–Crippen MR) is 54.6 cm³/mol. The van der Waals surface area contributed by atoms with Crippen molar-refractivity contribution < 1.29 is 9.26 Å². The molecule has 1 aromatic carbocycles. The summed E-state index contributed by atoms with van der Waals surface area (Å²) in [6, 6.07) is 9.45. The van der Waals surface area contributed by atoms with Crippen LogP contribution in [0.25, 0.3) is 0 Å². The second kappa shape index (κ2) is 4.79. The molecule has 0 radical (unpaired) electrons. The number of benzene rings is 1. The molecule has 0 N–H and O–H groups in total. The van der Waals surface area contributed by atoms with Crippen LogP contribution in [0.4, 0.5) is 0 Å². The van der Waals surface area contributed by atoms with E-state index in [2.05, 4.69) is 10.1 Å². The molecule has 0 saturated carbocycles. The molecule has 78 valence electrons.